The molecule has 0 spiro atoms. The molecule has 0 amide bonds. The van der Waals surface area contributed by atoms with Crippen molar-refractivity contribution in [3.05, 3.63) is 140 Å². The molecule has 0 radical (unpaired) electrons. The van der Waals surface area contributed by atoms with Gasteiger partial charge < -0.3 is 0 Å². The molecule has 0 bridgehead atoms. The standard InChI is InChI=1S/C37H23N3/c1-2-7-26-18-28(13-11-24(26)6-1)34-21-27(31-19-29-8-3-4-10-35(29)39-22-31)15-16-33(34)32-20-30-14-12-25-9-5-17-38-36(25)37(30)40-23-32/h1-23H. The molecule has 3 aromatic heterocycles. The van der Waals surface area contributed by atoms with Gasteiger partial charge in [0.05, 0.1) is 16.6 Å². The van der Waals surface area contributed by atoms with Crippen LogP contribution in [0, 0.1) is 0 Å². The van der Waals surface area contributed by atoms with Gasteiger partial charge >= 0.3 is 0 Å². The number of hydrogen-bond donors (Lipinski definition) is 0. The van der Waals surface area contributed by atoms with E-state index in [0.717, 1.165) is 60.5 Å². The molecule has 0 N–H and O–H groups in total. The summed E-state index contributed by atoms with van der Waals surface area (Å²) in [4.78, 5) is 14.2. The third-order valence-electron chi connectivity index (χ3n) is 7.74. The van der Waals surface area contributed by atoms with Gasteiger partial charge in [-0.15, -0.1) is 0 Å². The van der Waals surface area contributed by atoms with Crippen molar-refractivity contribution < 1.29 is 0 Å². The molecule has 0 unspecified atom stereocenters. The molecule has 0 aliphatic carbocycles. The van der Waals surface area contributed by atoms with Crippen LogP contribution in [0.25, 0.3) is 76.9 Å². The molecule has 0 saturated carbocycles. The van der Waals surface area contributed by atoms with Gasteiger partial charge in [-0.25, -0.2) is 0 Å². The minimum Gasteiger partial charge on any atom is -0.256 e. The number of benzene rings is 5. The SMILES string of the molecule is c1ccc2cc(-c3cc(-c4cnc5ccccc5c4)ccc3-c3cnc4c(ccc5cccnc54)c3)ccc2c1. The van der Waals surface area contributed by atoms with Crippen LogP contribution in [-0.2, 0) is 0 Å². The first-order chi connectivity index (χ1) is 19.8. The van der Waals surface area contributed by atoms with E-state index in [-0.39, 0.29) is 0 Å². The molecular weight excluding hydrogens is 486 g/mol. The van der Waals surface area contributed by atoms with Crippen molar-refractivity contribution in [2.45, 2.75) is 0 Å². The van der Waals surface area contributed by atoms with Crippen LogP contribution in [-0.4, -0.2) is 15.0 Å². The van der Waals surface area contributed by atoms with Gasteiger partial charge in [0.15, 0.2) is 0 Å². The lowest BCUT2D eigenvalue weighted by molar-refractivity contribution is 1.37. The topological polar surface area (TPSA) is 38.7 Å². The van der Waals surface area contributed by atoms with E-state index in [4.69, 9.17) is 9.97 Å². The zero-order valence-corrected chi connectivity index (χ0v) is 21.6. The molecule has 0 saturated heterocycles. The van der Waals surface area contributed by atoms with E-state index >= 15 is 0 Å². The van der Waals surface area contributed by atoms with E-state index in [1.54, 1.807) is 0 Å². The van der Waals surface area contributed by atoms with Crippen molar-refractivity contribution in [3.63, 3.8) is 0 Å². The smallest absolute Gasteiger partial charge is 0.0964 e. The predicted octanol–water partition coefficient (Wildman–Crippen LogP) is 9.49. The number of rotatable bonds is 3. The Kier molecular flexibility index (Phi) is 5.14. The first-order valence-corrected chi connectivity index (χ1v) is 13.4. The van der Waals surface area contributed by atoms with Crippen LogP contribution >= 0.6 is 0 Å². The Bertz CT molecular complexity index is 2230. The number of para-hydroxylation sites is 1. The van der Waals surface area contributed by atoms with Crippen molar-refractivity contribution in [1.29, 1.82) is 0 Å². The van der Waals surface area contributed by atoms with E-state index in [9.17, 15) is 0 Å². The van der Waals surface area contributed by atoms with Gasteiger partial charge in [0, 0.05) is 45.9 Å². The third-order valence-corrected chi connectivity index (χ3v) is 7.74. The van der Waals surface area contributed by atoms with Crippen LogP contribution in [0.4, 0.5) is 0 Å². The maximum atomic E-state index is 4.91. The van der Waals surface area contributed by atoms with Crippen LogP contribution in [0.2, 0.25) is 0 Å². The third kappa shape index (κ3) is 3.79. The fraction of sp³-hybridized carbons (Fsp3) is 0. The van der Waals surface area contributed by atoms with Gasteiger partial charge in [-0.1, -0.05) is 84.9 Å². The fourth-order valence-electron chi connectivity index (χ4n) is 5.68. The molecule has 0 fully saturated rings. The van der Waals surface area contributed by atoms with Gasteiger partial charge in [0.2, 0.25) is 0 Å². The Balaban J connectivity index is 1.34. The molecule has 0 atom stereocenters. The van der Waals surface area contributed by atoms with Crippen molar-refractivity contribution in [3.8, 4) is 33.4 Å². The van der Waals surface area contributed by atoms with E-state index in [2.05, 4.69) is 108 Å². The highest BCUT2D eigenvalue weighted by Crippen LogP contribution is 2.38. The van der Waals surface area contributed by atoms with Gasteiger partial charge in [0.1, 0.15) is 0 Å². The second-order valence-electron chi connectivity index (χ2n) is 10.2. The van der Waals surface area contributed by atoms with Crippen molar-refractivity contribution in [2.24, 2.45) is 0 Å². The maximum absolute atomic E-state index is 4.91. The van der Waals surface area contributed by atoms with Crippen molar-refractivity contribution >= 4 is 43.5 Å². The number of hydrogen-bond acceptors (Lipinski definition) is 3. The molecule has 40 heavy (non-hydrogen) atoms. The number of pyridine rings is 3. The van der Waals surface area contributed by atoms with Crippen molar-refractivity contribution in [1.82, 2.24) is 15.0 Å². The van der Waals surface area contributed by atoms with Crippen LogP contribution < -0.4 is 0 Å². The summed E-state index contributed by atoms with van der Waals surface area (Å²) in [7, 11) is 0. The zero-order valence-electron chi connectivity index (χ0n) is 21.6. The van der Waals surface area contributed by atoms with Gasteiger partial charge in [-0.2, -0.15) is 0 Å². The van der Waals surface area contributed by atoms with Gasteiger partial charge in [-0.3, -0.25) is 15.0 Å². The minimum atomic E-state index is 0.924. The molecule has 3 heteroatoms. The molecule has 0 aliphatic rings. The van der Waals surface area contributed by atoms with Gasteiger partial charge in [-0.05, 0) is 69.4 Å². The van der Waals surface area contributed by atoms with Crippen LogP contribution in [0.1, 0.15) is 0 Å². The average molecular weight is 510 g/mol. The first kappa shape index (κ1) is 22.6. The Hall–Kier alpha value is -5.41. The summed E-state index contributed by atoms with van der Waals surface area (Å²) >= 11 is 0. The first-order valence-electron chi connectivity index (χ1n) is 13.4. The summed E-state index contributed by atoms with van der Waals surface area (Å²) in [6.07, 6.45) is 5.78. The van der Waals surface area contributed by atoms with Gasteiger partial charge in [0.25, 0.3) is 0 Å². The minimum absolute atomic E-state index is 0.924. The summed E-state index contributed by atoms with van der Waals surface area (Å²) in [5.74, 6) is 0. The van der Waals surface area contributed by atoms with E-state index in [1.807, 2.05) is 36.8 Å². The summed E-state index contributed by atoms with van der Waals surface area (Å²) < 4.78 is 0. The number of aromatic nitrogens is 3. The number of fused-ring (bicyclic) bond motifs is 5. The number of nitrogens with zero attached hydrogens (tertiary/aromatic N) is 3. The Morgan fingerprint density at radius 2 is 1.02 bits per heavy atom. The highest BCUT2D eigenvalue weighted by atomic mass is 14.7. The van der Waals surface area contributed by atoms with E-state index in [1.165, 1.54) is 16.3 Å². The van der Waals surface area contributed by atoms with Crippen LogP contribution in [0.3, 0.4) is 0 Å². The molecular formula is C37H23N3. The Morgan fingerprint density at radius 3 is 1.98 bits per heavy atom. The largest absolute Gasteiger partial charge is 0.256 e. The summed E-state index contributed by atoms with van der Waals surface area (Å²) in [5.41, 5.74) is 9.64. The van der Waals surface area contributed by atoms with E-state index in [0.29, 0.717) is 0 Å². The molecule has 8 aromatic rings. The molecule has 186 valence electrons. The molecule has 0 aliphatic heterocycles. The summed E-state index contributed by atoms with van der Waals surface area (Å²) in [6.45, 7) is 0. The highest BCUT2D eigenvalue weighted by molar-refractivity contribution is 6.04. The van der Waals surface area contributed by atoms with E-state index < -0.39 is 0 Å². The molecule has 3 nitrogen and oxygen atoms in total. The molecule has 8 rings (SSSR count). The second kappa shape index (κ2) is 9.11. The normalized spacial score (nSPS) is 11.5. The second-order valence-corrected chi connectivity index (χ2v) is 10.2. The average Bonchev–Trinajstić information content (AvgIpc) is 3.03. The maximum Gasteiger partial charge on any atom is 0.0964 e. The predicted molar refractivity (Wildman–Crippen MR) is 166 cm³/mol. The van der Waals surface area contributed by atoms with Crippen LogP contribution in [0.5, 0.6) is 0 Å². The lowest BCUT2D eigenvalue weighted by Crippen LogP contribution is -1.91. The zero-order chi connectivity index (χ0) is 26.5. The Labute approximate surface area is 231 Å². The molecule has 3 heterocycles. The summed E-state index contributed by atoms with van der Waals surface area (Å²) in [6, 6.07) is 42.9. The molecule has 5 aromatic carbocycles. The fourth-order valence-corrected chi connectivity index (χ4v) is 5.68. The lowest BCUT2D eigenvalue weighted by atomic mass is 9.90. The van der Waals surface area contributed by atoms with Crippen molar-refractivity contribution in [2.75, 3.05) is 0 Å². The Morgan fingerprint density at radius 1 is 0.350 bits per heavy atom. The lowest BCUT2D eigenvalue weighted by Gasteiger charge is -2.15. The van der Waals surface area contributed by atoms with Crippen LogP contribution in [0.15, 0.2) is 140 Å². The highest BCUT2D eigenvalue weighted by Gasteiger charge is 2.13. The summed E-state index contributed by atoms with van der Waals surface area (Å²) in [5, 5.41) is 5.76. The monoisotopic (exact) mass is 509 g/mol. The quantitative estimate of drug-likeness (QED) is 0.223.